The van der Waals surface area contributed by atoms with Crippen LogP contribution in [0.3, 0.4) is 0 Å². The Morgan fingerprint density at radius 2 is 1.53 bits per heavy atom. The molecule has 0 bridgehead atoms. The number of ether oxygens (including phenoxy) is 1. The fraction of sp³-hybridized carbons (Fsp3) is 0.133. The van der Waals surface area contributed by atoms with Gasteiger partial charge >= 0.3 is 0 Å². The molecule has 0 saturated heterocycles. The van der Waals surface area contributed by atoms with E-state index in [1.54, 1.807) is 18.9 Å². The van der Waals surface area contributed by atoms with Gasteiger partial charge in [0.15, 0.2) is 5.44 Å². The van der Waals surface area contributed by atoms with Crippen molar-refractivity contribution < 1.29 is 4.74 Å². The maximum Gasteiger partial charge on any atom is 0.181 e. The predicted octanol–water partition coefficient (Wildman–Crippen LogP) is 4.10. The van der Waals surface area contributed by atoms with Gasteiger partial charge in [0, 0.05) is 12.9 Å². The first kappa shape index (κ1) is 12.2. The van der Waals surface area contributed by atoms with Crippen LogP contribution in [0.1, 0.15) is 11.1 Å². The highest BCUT2D eigenvalue weighted by atomic mass is 32.2. The van der Waals surface area contributed by atoms with E-state index < -0.39 is 0 Å². The molecule has 1 radical (unpaired) electrons. The van der Waals surface area contributed by atoms with Crippen LogP contribution in [0.5, 0.6) is 0 Å². The van der Waals surface area contributed by atoms with Gasteiger partial charge in [-0.25, -0.2) is 0 Å². The van der Waals surface area contributed by atoms with Crippen LogP contribution in [-0.4, -0.2) is 7.11 Å². The number of thioether (sulfide) groups is 1. The molecule has 0 amide bonds. The number of rotatable bonds is 5. The summed E-state index contributed by atoms with van der Waals surface area (Å²) in [5.41, 5.74) is 3.41. The van der Waals surface area contributed by atoms with E-state index in [0.717, 1.165) is 16.8 Å². The van der Waals surface area contributed by atoms with Crippen LogP contribution in [0.4, 0.5) is 0 Å². The van der Waals surface area contributed by atoms with Crippen LogP contribution >= 0.6 is 11.8 Å². The summed E-state index contributed by atoms with van der Waals surface area (Å²) in [6.07, 6.45) is 0. The SMILES string of the molecule is CO[C](SCc1ccccc1)c1ccccc1. The molecule has 17 heavy (non-hydrogen) atoms. The van der Waals surface area contributed by atoms with Gasteiger partial charge in [-0.1, -0.05) is 60.7 Å². The van der Waals surface area contributed by atoms with E-state index in [1.807, 2.05) is 24.3 Å². The molecule has 87 valence electrons. The van der Waals surface area contributed by atoms with Crippen molar-refractivity contribution in [3.05, 3.63) is 77.2 Å². The monoisotopic (exact) mass is 243 g/mol. The number of hydrogen-bond donors (Lipinski definition) is 0. The lowest BCUT2D eigenvalue weighted by Gasteiger charge is -2.13. The molecule has 0 aliphatic rings. The summed E-state index contributed by atoms with van der Waals surface area (Å²) < 4.78 is 5.44. The topological polar surface area (TPSA) is 9.23 Å². The zero-order chi connectivity index (χ0) is 11.9. The van der Waals surface area contributed by atoms with E-state index in [4.69, 9.17) is 4.74 Å². The van der Waals surface area contributed by atoms with Crippen molar-refractivity contribution in [2.45, 2.75) is 5.75 Å². The van der Waals surface area contributed by atoms with Gasteiger partial charge in [-0.3, -0.25) is 0 Å². The zero-order valence-electron chi connectivity index (χ0n) is 9.80. The van der Waals surface area contributed by atoms with Gasteiger partial charge in [0.25, 0.3) is 0 Å². The van der Waals surface area contributed by atoms with Gasteiger partial charge < -0.3 is 4.74 Å². The van der Waals surface area contributed by atoms with Gasteiger partial charge in [0.05, 0.1) is 0 Å². The second-order valence-electron chi connectivity index (χ2n) is 3.63. The van der Waals surface area contributed by atoms with E-state index in [9.17, 15) is 0 Å². The lowest BCUT2D eigenvalue weighted by molar-refractivity contribution is 0.275. The Morgan fingerprint density at radius 3 is 2.12 bits per heavy atom. The zero-order valence-corrected chi connectivity index (χ0v) is 10.6. The van der Waals surface area contributed by atoms with Crippen LogP contribution < -0.4 is 0 Å². The highest BCUT2D eigenvalue weighted by molar-refractivity contribution is 8.01. The minimum atomic E-state index is 0.929. The Hall–Kier alpha value is -1.25. The molecule has 2 aromatic rings. The summed E-state index contributed by atoms with van der Waals surface area (Å²) in [5.74, 6) is 0.929. The van der Waals surface area contributed by atoms with E-state index in [-0.39, 0.29) is 0 Å². The second-order valence-corrected chi connectivity index (χ2v) is 4.58. The molecule has 0 N–H and O–H groups in total. The van der Waals surface area contributed by atoms with Crippen LogP contribution in [0.15, 0.2) is 60.7 Å². The number of methoxy groups -OCH3 is 1. The molecule has 0 heterocycles. The number of benzene rings is 2. The molecule has 0 aliphatic heterocycles. The highest BCUT2D eigenvalue weighted by Crippen LogP contribution is 2.30. The smallest absolute Gasteiger partial charge is 0.181 e. The molecule has 2 aromatic carbocycles. The molecular weight excluding hydrogens is 228 g/mol. The first-order valence-corrected chi connectivity index (χ1v) is 6.52. The molecule has 0 aromatic heterocycles. The normalized spacial score (nSPS) is 10.7. The summed E-state index contributed by atoms with van der Waals surface area (Å²) in [4.78, 5) is 0. The van der Waals surface area contributed by atoms with Crippen molar-refractivity contribution in [1.82, 2.24) is 0 Å². The van der Waals surface area contributed by atoms with Crippen LogP contribution in [0.2, 0.25) is 0 Å². The maximum atomic E-state index is 5.44. The number of hydrogen-bond acceptors (Lipinski definition) is 2. The minimum absolute atomic E-state index is 0.929. The highest BCUT2D eigenvalue weighted by Gasteiger charge is 2.11. The third kappa shape index (κ3) is 3.62. The fourth-order valence-electron chi connectivity index (χ4n) is 1.56. The summed E-state index contributed by atoms with van der Waals surface area (Å²) in [6, 6.07) is 20.6. The average Bonchev–Trinajstić information content (AvgIpc) is 2.42. The maximum absolute atomic E-state index is 5.44. The molecule has 2 rings (SSSR count). The lowest BCUT2D eigenvalue weighted by atomic mass is 10.2. The van der Waals surface area contributed by atoms with Crippen molar-refractivity contribution in [2.24, 2.45) is 0 Å². The first-order chi connectivity index (χ1) is 8.40. The van der Waals surface area contributed by atoms with Gasteiger partial charge in [-0.2, -0.15) is 0 Å². The lowest BCUT2D eigenvalue weighted by Crippen LogP contribution is -1.98. The Labute approximate surface area is 107 Å². The molecule has 1 nitrogen and oxygen atoms in total. The predicted molar refractivity (Wildman–Crippen MR) is 73.5 cm³/mol. The molecule has 0 fully saturated rings. The summed E-state index contributed by atoms with van der Waals surface area (Å²) in [5, 5.41) is 0. The van der Waals surface area contributed by atoms with Crippen LogP contribution in [0, 0.1) is 5.44 Å². The summed E-state index contributed by atoms with van der Waals surface area (Å²) >= 11 is 1.72. The minimum Gasteiger partial charge on any atom is -0.359 e. The molecule has 0 unspecified atom stereocenters. The largest absolute Gasteiger partial charge is 0.359 e. The standard InChI is InChI=1S/C15H15OS/c1-16-15(14-10-6-3-7-11-14)17-12-13-8-4-2-5-9-13/h2-11H,12H2,1H3. The molecular formula is C15H15OS. The van der Waals surface area contributed by atoms with E-state index >= 15 is 0 Å². The van der Waals surface area contributed by atoms with E-state index in [2.05, 4.69) is 36.4 Å². The van der Waals surface area contributed by atoms with Crippen molar-refractivity contribution in [1.29, 1.82) is 0 Å². The molecule has 0 saturated carbocycles. The van der Waals surface area contributed by atoms with Gasteiger partial charge in [-0.15, -0.1) is 11.8 Å². The summed E-state index contributed by atoms with van der Waals surface area (Å²) in [7, 11) is 1.72. The van der Waals surface area contributed by atoms with Gasteiger partial charge in [0.1, 0.15) is 0 Å². The van der Waals surface area contributed by atoms with E-state index in [1.165, 1.54) is 5.56 Å². The molecule has 0 spiro atoms. The van der Waals surface area contributed by atoms with Gasteiger partial charge in [0.2, 0.25) is 0 Å². The third-order valence-corrected chi connectivity index (χ3v) is 3.55. The van der Waals surface area contributed by atoms with Crippen molar-refractivity contribution in [3.63, 3.8) is 0 Å². The first-order valence-electron chi connectivity index (χ1n) is 5.53. The Balaban J connectivity index is 1.97. The fourth-order valence-corrected chi connectivity index (χ4v) is 2.47. The quantitative estimate of drug-likeness (QED) is 0.781. The van der Waals surface area contributed by atoms with Crippen LogP contribution in [0.25, 0.3) is 0 Å². The van der Waals surface area contributed by atoms with E-state index in [0.29, 0.717) is 0 Å². The summed E-state index contributed by atoms with van der Waals surface area (Å²) in [6.45, 7) is 0. The second kappa shape index (κ2) is 6.48. The van der Waals surface area contributed by atoms with Crippen molar-refractivity contribution in [2.75, 3.05) is 7.11 Å². The van der Waals surface area contributed by atoms with Gasteiger partial charge in [-0.05, 0) is 11.1 Å². The van der Waals surface area contributed by atoms with Crippen LogP contribution in [-0.2, 0) is 10.5 Å². The Morgan fingerprint density at radius 1 is 0.941 bits per heavy atom. The molecule has 0 atom stereocenters. The van der Waals surface area contributed by atoms with Crippen molar-refractivity contribution in [3.8, 4) is 0 Å². The van der Waals surface area contributed by atoms with Crippen molar-refractivity contribution >= 4 is 11.8 Å². The average molecular weight is 243 g/mol. The molecule has 2 heteroatoms. The Bertz CT molecular complexity index is 427. The third-order valence-electron chi connectivity index (χ3n) is 2.41. The Kier molecular flexibility index (Phi) is 4.65. The molecule has 0 aliphatic carbocycles.